The van der Waals surface area contributed by atoms with Gasteiger partial charge in [-0.25, -0.2) is 0 Å². The van der Waals surface area contributed by atoms with Crippen LogP contribution in [0.1, 0.15) is 32.6 Å². The molecule has 5 heteroatoms. The minimum absolute atomic E-state index is 0.0568. The van der Waals surface area contributed by atoms with Gasteiger partial charge in [0.1, 0.15) is 0 Å². The van der Waals surface area contributed by atoms with Crippen LogP contribution in [0.5, 0.6) is 0 Å². The number of carbonyl (C=O) groups excluding carboxylic acids is 1. The molecule has 0 saturated carbocycles. The van der Waals surface area contributed by atoms with Gasteiger partial charge in [-0.2, -0.15) is 0 Å². The highest BCUT2D eigenvalue weighted by molar-refractivity contribution is 5.81. The molecule has 1 amide bonds. The number of nitrogens with one attached hydrogen (secondary N) is 1. The van der Waals surface area contributed by atoms with E-state index < -0.39 is 6.04 Å². The van der Waals surface area contributed by atoms with Crippen molar-refractivity contribution < 1.29 is 14.3 Å². The first-order valence-corrected chi connectivity index (χ1v) is 6.86. The van der Waals surface area contributed by atoms with Gasteiger partial charge in [-0.15, -0.1) is 0 Å². The third-order valence-electron chi connectivity index (χ3n) is 4.01. The molecule has 0 aromatic heterocycles. The number of ether oxygens (including phenoxy) is 2. The summed E-state index contributed by atoms with van der Waals surface area (Å²) < 4.78 is 10.9. The molecule has 3 N–H and O–H groups in total. The minimum atomic E-state index is -0.418. The Hall–Kier alpha value is -0.650. The normalized spacial score (nSPS) is 31.2. The molecule has 0 bridgehead atoms. The fourth-order valence-electron chi connectivity index (χ4n) is 2.66. The maximum atomic E-state index is 12.0. The van der Waals surface area contributed by atoms with Crippen LogP contribution in [-0.4, -0.2) is 43.9 Å². The molecule has 104 valence electrons. The van der Waals surface area contributed by atoms with E-state index in [1.807, 2.05) is 6.92 Å². The smallest absolute Gasteiger partial charge is 0.237 e. The van der Waals surface area contributed by atoms with Crippen LogP contribution in [0.25, 0.3) is 0 Å². The topological polar surface area (TPSA) is 73.6 Å². The molecule has 2 rings (SSSR count). The van der Waals surface area contributed by atoms with Gasteiger partial charge in [0, 0.05) is 26.4 Å². The molecule has 18 heavy (non-hydrogen) atoms. The van der Waals surface area contributed by atoms with Crippen molar-refractivity contribution >= 4 is 5.91 Å². The Balaban J connectivity index is 1.76. The molecule has 2 aliphatic heterocycles. The lowest BCUT2D eigenvalue weighted by Gasteiger charge is -2.29. The van der Waals surface area contributed by atoms with E-state index in [0.29, 0.717) is 19.8 Å². The van der Waals surface area contributed by atoms with Gasteiger partial charge in [-0.05, 0) is 38.5 Å². The number of amides is 1. The Bertz CT molecular complexity index is 284. The lowest BCUT2D eigenvalue weighted by Crippen LogP contribution is -2.50. The fourth-order valence-corrected chi connectivity index (χ4v) is 2.66. The molecular weight excluding hydrogens is 232 g/mol. The molecule has 2 atom stereocenters. The molecule has 2 heterocycles. The van der Waals surface area contributed by atoms with Crippen molar-refractivity contribution in [2.24, 2.45) is 11.7 Å². The second kappa shape index (κ2) is 5.99. The molecule has 0 spiro atoms. The molecular formula is C13H24N2O3. The van der Waals surface area contributed by atoms with E-state index in [0.717, 1.165) is 32.3 Å². The van der Waals surface area contributed by atoms with Crippen molar-refractivity contribution in [2.75, 3.05) is 26.4 Å². The van der Waals surface area contributed by atoms with E-state index in [4.69, 9.17) is 15.2 Å². The van der Waals surface area contributed by atoms with Crippen LogP contribution in [0.15, 0.2) is 0 Å². The van der Waals surface area contributed by atoms with Crippen molar-refractivity contribution in [2.45, 2.75) is 44.2 Å². The van der Waals surface area contributed by atoms with Gasteiger partial charge in [0.2, 0.25) is 5.91 Å². The summed E-state index contributed by atoms with van der Waals surface area (Å²) in [6, 6.07) is -0.418. The van der Waals surface area contributed by atoms with Gasteiger partial charge >= 0.3 is 0 Å². The predicted molar refractivity (Wildman–Crippen MR) is 68.1 cm³/mol. The summed E-state index contributed by atoms with van der Waals surface area (Å²) in [6.45, 7) is 4.82. The number of rotatable bonds is 4. The first-order valence-electron chi connectivity index (χ1n) is 6.86. The van der Waals surface area contributed by atoms with E-state index in [-0.39, 0.29) is 17.4 Å². The lowest BCUT2D eigenvalue weighted by atomic mass is 9.91. The summed E-state index contributed by atoms with van der Waals surface area (Å²) in [6.07, 6.45) is 3.82. The maximum Gasteiger partial charge on any atom is 0.237 e. The van der Waals surface area contributed by atoms with E-state index in [9.17, 15) is 4.79 Å². The van der Waals surface area contributed by atoms with Crippen LogP contribution in [0.2, 0.25) is 0 Å². The second-order valence-electron chi connectivity index (χ2n) is 5.60. The van der Waals surface area contributed by atoms with E-state index in [1.165, 1.54) is 0 Å². The number of hydrogen-bond acceptors (Lipinski definition) is 4. The lowest BCUT2D eigenvalue weighted by molar-refractivity contribution is -0.125. The summed E-state index contributed by atoms with van der Waals surface area (Å²) in [4.78, 5) is 12.0. The molecule has 2 unspecified atom stereocenters. The Morgan fingerprint density at radius 1 is 1.44 bits per heavy atom. The third-order valence-corrected chi connectivity index (χ3v) is 4.01. The van der Waals surface area contributed by atoms with E-state index in [2.05, 4.69) is 5.32 Å². The summed E-state index contributed by atoms with van der Waals surface area (Å²) in [5.74, 6) is 0.190. The third kappa shape index (κ3) is 3.43. The Morgan fingerprint density at radius 2 is 2.17 bits per heavy atom. The summed E-state index contributed by atoms with van der Waals surface area (Å²) in [7, 11) is 0. The molecule has 0 aromatic carbocycles. The summed E-state index contributed by atoms with van der Waals surface area (Å²) in [5, 5.41) is 2.93. The van der Waals surface area contributed by atoms with Gasteiger partial charge in [-0.1, -0.05) is 0 Å². The van der Waals surface area contributed by atoms with Crippen LogP contribution < -0.4 is 11.1 Å². The largest absolute Gasteiger partial charge is 0.381 e. The zero-order valence-electron chi connectivity index (χ0n) is 11.1. The van der Waals surface area contributed by atoms with Crippen molar-refractivity contribution in [1.82, 2.24) is 5.32 Å². The number of nitrogens with two attached hydrogens (primary N) is 1. The van der Waals surface area contributed by atoms with Crippen LogP contribution >= 0.6 is 0 Å². The summed E-state index contributed by atoms with van der Waals surface area (Å²) >= 11 is 0. The predicted octanol–water partition coefficient (Wildman–Crippen LogP) is 0.426. The minimum Gasteiger partial charge on any atom is -0.381 e. The average Bonchev–Trinajstić information content (AvgIpc) is 2.83. The van der Waals surface area contributed by atoms with Gasteiger partial charge in [0.25, 0.3) is 0 Å². The zero-order chi connectivity index (χ0) is 13.0. The molecule has 5 nitrogen and oxygen atoms in total. The standard InChI is InChI=1S/C13H24N2O3/c1-13(5-2-6-18-13)9-15-12(16)11(14)10-3-7-17-8-4-10/h10-11H,2-9,14H2,1H3,(H,15,16). The van der Waals surface area contributed by atoms with Crippen LogP contribution in [0, 0.1) is 5.92 Å². The molecule has 2 saturated heterocycles. The van der Waals surface area contributed by atoms with Crippen LogP contribution in [-0.2, 0) is 14.3 Å². The van der Waals surface area contributed by atoms with Crippen LogP contribution in [0.3, 0.4) is 0 Å². The average molecular weight is 256 g/mol. The molecule has 0 aromatic rings. The molecule has 0 radical (unpaired) electrons. The first kappa shape index (κ1) is 13.8. The SMILES string of the molecule is CC1(CNC(=O)C(N)C2CCOCC2)CCCO1. The van der Waals surface area contributed by atoms with Crippen molar-refractivity contribution in [3.8, 4) is 0 Å². The van der Waals surface area contributed by atoms with Crippen LogP contribution in [0.4, 0.5) is 0 Å². The fraction of sp³-hybridized carbons (Fsp3) is 0.923. The molecule has 2 aliphatic rings. The van der Waals surface area contributed by atoms with Gasteiger partial charge in [0.05, 0.1) is 11.6 Å². The Morgan fingerprint density at radius 3 is 2.78 bits per heavy atom. The Labute approximate surface area is 108 Å². The van der Waals surface area contributed by atoms with Crippen molar-refractivity contribution in [3.63, 3.8) is 0 Å². The van der Waals surface area contributed by atoms with Crippen molar-refractivity contribution in [1.29, 1.82) is 0 Å². The van der Waals surface area contributed by atoms with Gasteiger partial charge < -0.3 is 20.5 Å². The van der Waals surface area contributed by atoms with Gasteiger partial charge in [-0.3, -0.25) is 4.79 Å². The Kier molecular flexibility index (Phi) is 4.59. The molecule has 0 aliphatic carbocycles. The highest BCUT2D eigenvalue weighted by atomic mass is 16.5. The van der Waals surface area contributed by atoms with Crippen molar-refractivity contribution in [3.05, 3.63) is 0 Å². The highest BCUT2D eigenvalue weighted by Crippen LogP contribution is 2.24. The molecule has 2 fully saturated rings. The zero-order valence-corrected chi connectivity index (χ0v) is 11.1. The maximum absolute atomic E-state index is 12.0. The quantitative estimate of drug-likeness (QED) is 0.765. The number of carbonyl (C=O) groups is 1. The highest BCUT2D eigenvalue weighted by Gasteiger charge is 2.32. The van der Waals surface area contributed by atoms with E-state index >= 15 is 0 Å². The summed E-state index contributed by atoms with van der Waals surface area (Å²) in [5.41, 5.74) is 5.81. The monoisotopic (exact) mass is 256 g/mol. The van der Waals surface area contributed by atoms with Gasteiger partial charge in [0.15, 0.2) is 0 Å². The number of hydrogen-bond donors (Lipinski definition) is 2. The second-order valence-corrected chi connectivity index (χ2v) is 5.60. The first-order chi connectivity index (χ1) is 8.61. The van der Waals surface area contributed by atoms with E-state index in [1.54, 1.807) is 0 Å².